The Labute approximate surface area is 181 Å². The summed E-state index contributed by atoms with van der Waals surface area (Å²) in [5.41, 5.74) is 2.11. The van der Waals surface area contributed by atoms with Gasteiger partial charge in [0.05, 0.1) is 25.1 Å². The number of carbonyl (C=O) groups excluding carboxylic acids is 2. The van der Waals surface area contributed by atoms with Gasteiger partial charge in [-0.2, -0.15) is 0 Å². The van der Waals surface area contributed by atoms with Gasteiger partial charge in [0.25, 0.3) is 5.91 Å². The van der Waals surface area contributed by atoms with E-state index in [2.05, 4.69) is 0 Å². The standard InChI is InChI=1S/C24H27FN2O4/c1-5-15(3)22-24(29)27(14-21(28)31-6-2)20-12-9-17(25)13-19(20)23(26-22)16-7-10-18(30-4)11-8-16/h7-13,15,22H,5-6,14H2,1-4H3/t15-,22-/m0/s1. The molecule has 0 unspecified atom stereocenters. The van der Waals surface area contributed by atoms with Crippen LogP contribution in [0.25, 0.3) is 0 Å². The largest absolute Gasteiger partial charge is 0.497 e. The average Bonchev–Trinajstić information content (AvgIpc) is 2.88. The maximum atomic E-state index is 14.3. The highest BCUT2D eigenvalue weighted by atomic mass is 19.1. The molecule has 0 aliphatic carbocycles. The lowest BCUT2D eigenvalue weighted by atomic mass is 9.97. The van der Waals surface area contributed by atoms with Crippen molar-refractivity contribution in [2.75, 3.05) is 25.2 Å². The van der Waals surface area contributed by atoms with Gasteiger partial charge >= 0.3 is 5.97 Å². The number of ether oxygens (including phenoxy) is 2. The monoisotopic (exact) mass is 426 g/mol. The van der Waals surface area contributed by atoms with Crippen molar-refractivity contribution in [3.8, 4) is 5.75 Å². The number of esters is 1. The Morgan fingerprint density at radius 3 is 2.52 bits per heavy atom. The number of nitrogens with zero attached hydrogens (tertiary/aromatic N) is 2. The third-order valence-corrected chi connectivity index (χ3v) is 5.43. The van der Waals surface area contributed by atoms with Crippen LogP contribution in [0, 0.1) is 11.7 Å². The summed E-state index contributed by atoms with van der Waals surface area (Å²) < 4.78 is 24.6. The van der Waals surface area contributed by atoms with Gasteiger partial charge in [-0.25, -0.2) is 4.39 Å². The fourth-order valence-corrected chi connectivity index (χ4v) is 3.55. The first-order valence-electron chi connectivity index (χ1n) is 10.4. The molecule has 0 N–H and O–H groups in total. The molecule has 1 aliphatic heterocycles. The Balaban J connectivity index is 2.20. The van der Waals surface area contributed by atoms with Gasteiger partial charge in [-0.05, 0) is 55.3 Å². The van der Waals surface area contributed by atoms with Crippen molar-refractivity contribution in [1.29, 1.82) is 0 Å². The topological polar surface area (TPSA) is 68.2 Å². The van der Waals surface area contributed by atoms with Gasteiger partial charge in [-0.3, -0.25) is 19.5 Å². The van der Waals surface area contributed by atoms with Crippen LogP contribution < -0.4 is 9.64 Å². The quantitative estimate of drug-likeness (QED) is 0.628. The smallest absolute Gasteiger partial charge is 0.326 e. The highest BCUT2D eigenvalue weighted by Crippen LogP contribution is 2.32. The normalized spacial score (nSPS) is 16.8. The summed E-state index contributed by atoms with van der Waals surface area (Å²) >= 11 is 0. The van der Waals surface area contributed by atoms with Crippen LogP contribution in [0.2, 0.25) is 0 Å². The van der Waals surface area contributed by atoms with E-state index in [1.165, 1.54) is 23.1 Å². The number of benzodiazepines with no additional fused rings is 1. The molecule has 6 nitrogen and oxygen atoms in total. The predicted octanol–water partition coefficient (Wildman–Crippen LogP) is 4.00. The van der Waals surface area contributed by atoms with Gasteiger partial charge in [-0.1, -0.05) is 20.3 Å². The first-order valence-corrected chi connectivity index (χ1v) is 10.4. The molecular weight excluding hydrogens is 399 g/mol. The van der Waals surface area contributed by atoms with Crippen LogP contribution in [0.1, 0.15) is 38.3 Å². The molecule has 2 aromatic carbocycles. The molecule has 1 aliphatic rings. The molecule has 2 atom stereocenters. The minimum absolute atomic E-state index is 0.0791. The van der Waals surface area contributed by atoms with Crippen molar-refractivity contribution in [3.05, 3.63) is 59.4 Å². The number of hydrogen-bond acceptors (Lipinski definition) is 5. The number of benzene rings is 2. The molecular formula is C24H27FN2O4. The van der Waals surface area contributed by atoms with Crippen LogP contribution in [0.5, 0.6) is 5.75 Å². The summed E-state index contributed by atoms with van der Waals surface area (Å²) in [6.07, 6.45) is 0.716. The number of carbonyl (C=O) groups is 2. The first-order chi connectivity index (χ1) is 14.9. The van der Waals surface area contributed by atoms with E-state index in [1.807, 2.05) is 26.0 Å². The van der Waals surface area contributed by atoms with E-state index in [4.69, 9.17) is 14.5 Å². The van der Waals surface area contributed by atoms with Gasteiger partial charge < -0.3 is 9.47 Å². The number of anilines is 1. The van der Waals surface area contributed by atoms with Crippen molar-refractivity contribution < 1.29 is 23.5 Å². The lowest BCUT2D eigenvalue weighted by Gasteiger charge is -2.26. The third-order valence-electron chi connectivity index (χ3n) is 5.43. The molecule has 0 radical (unpaired) electrons. The van der Waals surface area contributed by atoms with E-state index in [0.717, 1.165) is 5.56 Å². The maximum Gasteiger partial charge on any atom is 0.326 e. The van der Waals surface area contributed by atoms with Gasteiger partial charge in [0.1, 0.15) is 24.2 Å². The number of rotatable bonds is 7. The van der Waals surface area contributed by atoms with Crippen LogP contribution in [0.15, 0.2) is 47.5 Å². The fourth-order valence-electron chi connectivity index (χ4n) is 3.55. The van der Waals surface area contributed by atoms with Gasteiger partial charge in [0.2, 0.25) is 0 Å². The van der Waals surface area contributed by atoms with E-state index in [-0.39, 0.29) is 25.0 Å². The molecule has 2 aromatic rings. The molecule has 31 heavy (non-hydrogen) atoms. The Hall–Kier alpha value is -3.22. The summed E-state index contributed by atoms with van der Waals surface area (Å²) in [7, 11) is 1.58. The van der Waals surface area contributed by atoms with E-state index in [0.29, 0.717) is 29.1 Å². The number of hydrogen-bond donors (Lipinski definition) is 0. The maximum absolute atomic E-state index is 14.3. The highest BCUT2D eigenvalue weighted by Gasteiger charge is 2.36. The van der Waals surface area contributed by atoms with Crippen molar-refractivity contribution >= 4 is 23.3 Å². The lowest BCUT2D eigenvalue weighted by molar-refractivity contribution is -0.142. The second-order valence-corrected chi connectivity index (χ2v) is 7.43. The lowest BCUT2D eigenvalue weighted by Crippen LogP contribution is -2.43. The number of methoxy groups -OCH3 is 1. The molecule has 0 bridgehead atoms. The Kier molecular flexibility index (Phi) is 7.05. The van der Waals surface area contributed by atoms with Crippen LogP contribution >= 0.6 is 0 Å². The van der Waals surface area contributed by atoms with Gasteiger partial charge in [0.15, 0.2) is 0 Å². The molecule has 7 heteroatoms. The minimum Gasteiger partial charge on any atom is -0.497 e. The second kappa shape index (κ2) is 9.73. The van der Waals surface area contributed by atoms with Crippen LogP contribution in [-0.2, 0) is 14.3 Å². The van der Waals surface area contributed by atoms with Crippen LogP contribution in [0.3, 0.4) is 0 Å². The fraction of sp³-hybridized carbons (Fsp3) is 0.375. The molecule has 1 heterocycles. The van der Waals surface area contributed by atoms with Crippen molar-refractivity contribution in [2.24, 2.45) is 10.9 Å². The molecule has 0 aromatic heterocycles. The minimum atomic E-state index is -0.716. The zero-order valence-corrected chi connectivity index (χ0v) is 18.2. The highest BCUT2D eigenvalue weighted by molar-refractivity contribution is 6.20. The van der Waals surface area contributed by atoms with E-state index in [9.17, 15) is 14.0 Å². The number of halogens is 1. The van der Waals surface area contributed by atoms with Crippen molar-refractivity contribution in [2.45, 2.75) is 33.2 Å². The average molecular weight is 426 g/mol. The van der Waals surface area contributed by atoms with Gasteiger partial charge in [0, 0.05) is 11.1 Å². The van der Waals surface area contributed by atoms with Crippen LogP contribution in [0.4, 0.5) is 10.1 Å². The first kappa shape index (κ1) is 22.5. The summed E-state index contributed by atoms with van der Waals surface area (Å²) in [4.78, 5) is 31.9. The zero-order valence-electron chi connectivity index (χ0n) is 18.2. The summed E-state index contributed by atoms with van der Waals surface area (Å²) in [5, 5.41) is 0. The number of amides is 1. The molecule has 3 rings (SSSR count). The van der Waals surface area contributed by atoms with Crippen molar-refractivity contribution in [3.63, 3.8) is 0 Å². The van der Waals surface area contributed by atoms with E-state index in [1.54, 1.807) is 26.2 Å². The summed E-state index contributed by atoms with van der Waals surface area (Å²) in [6.45, 7) is 5.58. The number of fused-ring (bicyclic) bond motifs is 1. The molecule has 1 amide bonds. The van der Waals surface area contributed by atoms with Gasteiger partial charge in [-0.15, -0.1) is 0 Å². The SMILES string of the molecule is CCOC(=O)CN1C(=O)[C@H]([C@@H](C)CC)N=C(c2ccc(OC)cc2)c2cc(F)ccc21. The Morgan fingerprint density at radius 1 is 1.19 bits per heavy atom. The van der Waals surface area contributed by atoms with Crippen LogP contribution in [-0.4, -0.2) is 43.9 Å². The predicted molar refractivity (Wildman–Crippen MR) is 117 cm³/mol. The second-order valence-electron chi connectivity index (χ2n) is 7.43. The molecule has 164 valence electrons. The third kappa shape index (κ3) is 4.76. The Bertz CT molecular complexity index is 988. The number of aliphatic imine (C=N–C) groups is 1. The molecule has 0 spiro atoms. The zero-order chi connectivity index (χ0) is 22.5. The Morgan fingerprint density at radius 2 is 1.90 bits per heavy atom. The molecule has 0 saturated carbocycles. The molecule has 0 fully saturated rings. The van der Waals surface area contributed by atoms with Crippen molar-refractivity contribution in [1.82, 2.24) is 0 Å². The van der Waals surface area contributed by atoms with E-state index < -0.39 is 17.8 Å². The van der Waals surface area contributed by atoms with E-state index >= 15 is 0 Å². The molecule has 0 saturated heterocycles. The summed E-state index contributed by atoms with van der Waals surface area (Å²) in [5.74, 6) is -0.688. The summed E-state index contributed by atoms with van der Waals surface area (Å²) in [6, 6.07) is 10.7.